The number of halogens is 1. The standard InChI is InChI=1S/C15H20FNO3/c1-10(2)15(3,9-14(19)20)17-13(18)8-11-4-6-12(16)7-5-11/h4-7,10H,8-9H2,1-3H3,(H,17,18)(H,19,20). The average molecular weight is 281 g/mol. The maximum atomic E-state index is 12.8. The summed E-state index contributed by atoms with van der Waals surface area (Å²) in [6.45, 7) is 5.44. The van der Waals surface area contributed by atoms with Crippen molar-refractivity contribution < 1.29 is 19.1 Å². The lowest BCUT2D eigenvalue weighted by Gasteiger charge is -2.33. The summed E-state index contributed by atoms with van der Waals surface area (Å²) in [6.07, 6.45) is -0.0396. The van der Waals surface area contributed by atoms with Crippen LogP contribution in [0.1, 0.15) is 32.8 Å². The van der Waals surface area contributed by atoms with Gasteiger partial charge in [-0.2, -0.15) is 0 Å². The van der Waals surface area contributed by atoms with Gasteiger partial charge in [0.15, 0.2) is 0 Å². The first-order valence-corrected chi connectivity index (χ1v) is 6.50. The Bertz CT molecular complexity index is 484. The average Bonchev–Trinajstić information content (AvgIpc) is 2.30. The molecule has 0 heterocycles. The highest BCUT2D eigenvalue weighted by atomic mass is 19.1. The monoisotopic (exact) mass is 281 g/mol. The third-order valence-electron chi connectivity index (χ3n) is 3.50. The molecule has 0 radical (unpaired) electrons. The fourth-order valence-electron chi connectivity index (χ4n) is 1.86. The third-order valence-corrected chi connectivity index (χ3v) is 3.50. The Morgan fingerprint density at radius 2 is 1.85 bits per heavy atom. The summed E-state index contributed by atoms with van der Waals surface area (Å²) >= 11 is 0. The van der Waals surface area contributed by atoms with Crippen LogP contribution < -0.4 is 5.32 Å². The molecule has 1 aromatic carbocycles. The highest BCUT2D eigenvalue weighted by Gasteiger charge is 2.32. The van der Waals surface area contributed by atoms with Crippen LogP contribution in [-0.4, -0.2) is 22.5 Å². The molecule has 0 aliphatic carbocycles. The molecular weight excluding hydrogens is 261 g/mol. The second kappa shape index (κ2) is 6.50. The summed E-state index contributed by atoms with van der Waals surface area (Å²) in [6, 6.07) is 5.67. The van der Waals surface area contributed by atoms with Crippen LogP contribution >= 0.6 is 0 Å². The number of nitrogens with one attached hydrogen (secondary N) is 1. The van der Waals surface area contributed by atoms with E-state index >= 15 is 0 Å². The molecule has 0 aliphatic heterocycles. The predicted octanol–water partition coefficient (Wildman–Crippen LogP) is 2.37. The van der Waals surface area contributed by atoms with E-state index in [-0.39, 0.29) is 30.5 Å². The van der Waals surface area contributed by atoms with Gasteiger partial charge in [-0.25, -0.2) is 4.39 Å². The zero-order chi connectivity index (χ0) is 15.3. The van der Waals surface area contributed by atoms with E-state index in [1.165, 1.54) is 12.1 Å². The lowest BCUT2D eigenvalue weighted by molar-refractivity contribution is -0.139. The quantitative estimate of drug-likeness (QED) is 0.841. The number of amides is 1. The van der Waals surface area contributed by atoms with Crippen molar-refractivity contribution in [3.63, 3.8) is 0 Å². The van der Waals surface area contributed by atoms with Crippen LogP contribution in [0, 0.1) is 11.7 Å². The van der Waals surface area contributed by atoms with Gasteiger partial charge in [0, 0.05) is 5.54 Å². The summed E-state index contributed by atoms with van der Waals surface area (Å²) in [5, 5.41) is 11.7. The van der Waals surface area contributed by atoms with Gasteiger partial charge in [-0.3, -0.25) is 9.59 Å². The van der Waals surface area contributed by atoms with Crippen LogP contribution in [0.15, 0.2) is 24.3 Å². The Labute approximate surface area is 118 Å². The topological polar surface area (TPSA) is 66.4 Å². The number of hydrogen-bond donors (Lipinski definition) is 2. The van der Waals surface area contributed by atoms with Gasteiger partial charge in [-0.15, -0.1) is 0 Å². The Hall–Kier alpha value is -1.91. The lowest BCUT2D eigenvalue weighted by Crippen LogP contribution is -2.51. The summed E-state index contributed by atoms with van der Waals surface area (Å²) in [5.74, 6) is -1.60. The van der Waals surface area contributed by atoms with E-state index in [1.807, 2.05) is 13.8 Å². The minimum absolute atomic E-state index is 0.0178. The minimum Gasteiger partial charge on any atom is -0.481 e. The van der Waals surface area contributed by atoms with E-state index < -0.39 is 11.5 Å². The number of rotatable bonds is 6. The molecule has 0 saturated heterocycles. The van der Waals surface area contributed by atoms with Crippen molar-refractivity contribution in [2.24, 2.45) is 5.92 Å². The summed E-state index contributed by atoms with van der Waals surface area (Å²) in [4.78, 5) is 22.9. The number of hydrogen-bond acceptors (Lipinski definition) is 2. The van der Waals surface area contributed by atoms with Crippen LogP contribution in [-0.2, 0) is 16.0 Å². The molecule has 110 valence electrons. The van der Waals surface area contributed by atoms with Crippen molar-refractivity contribution in [2.45, 2.75) is 39.2 Å². The van der Waals surface area contributed by atoms with E-state index in [0.29, 0.717) is 5.56 Å². The Morgan fingerprint density at radius 1 is 1.30 bits per heavy atom. The first-order chi connectivity index (χ1) is 9.23. The first-order valence-electron chi connectivity index (χ1n) is 6.50. The van der Waals surface area contributed by atoms with Gasteiger partial charge in [0.25, 0.3) is 0 Å². The van der Waals surface area contributed by atoms with Gasteiger partial charge in [0.1, 0.15) is 5.82 Å². The number of carbonyl (C=O) groups is 2. The van der Waals surface area contributed by atoms with Gasteiger partial charge in [0.2, 0.25) is 5.91 Å². The predicted molar refractivity (Wildman–Crippen MR) is 73.7 cm³/mol. The highest BCUT2D eigenvalue weighted by molar-refractivity contribution is 5.80. The molecule has 0 spiro atoms. The molecule has 1 atom stereocenters. The smallest absolute Gasteiger partial charge is 0.305 e. The SMILES string of the molecule is CC(C)C(C)(CC(=O)O)NC(=O)Cc1ccc(F)cc1. The van der Waals surface area contributed by atoms with Crippen molar-refractivity contribution >= 4 is 11.9 Å². The van der Waals surface area contributed by atoms with Crippen LogP contribution in [0.3, 0.4) is 0 Å². The maximum Gasteiger partial charge on any atom is 0.305 e. The van der Waals surface area contributed by atoms with Crippen LogP contribution in [0.25, 0.3) is 0 Å². The van der Waals surface area contributed by atoms with E-state index in [2.05, 4.69) is 5.32 Å². The number of carboxylic acids is 1. The molecule has 0 bridgehead atoms. The molecule has 4 nitrogen and oxygen atoms in total. The fourth-order valence-corrected chi connectivity index (χ4v) is 1.86. The van der Waals surface area contributed by atoms with Gasteiger partial charge in [0.05, 0.1) is 12.8 Å². The second-order valence-corrected chi connectivity index (χ2v) is 5.49. The molecule has 0 fully saturated rings. The van der Waals surface area contributed by atoms with Gasteiger partial charge >= 0.3 is 5.97 Å². The fraction of sp³-hybridized carbons (Fsp3) is 0.467. The van der Waals surface area contributed by atoms with Crippen molar-refractivity contribution in [2.75, 3.05) is 0 Å². The number of aliphatic carboxylic acids is 1. The molecule has 0 aromatic heterocycles. The molecule has 1 rings (SSSR count). The summed E-state index contributed by atoms with van der Waals surface area (Å²) in [5.41, 5.74) is -0.117. The number of carbonyl (C=O) groups excluding carboxylic acids is 1. The zero-order valence-corrected chi connectivity index (χ0v) is 11.9. The molecule has 0 saturated carbocycles. The first kappa shape index (κ1) is 16.1. The number of carboxylic acid groups (broad SMARTS) is 1. The maximum absolute atomic E-state index is 12.8. The van der Waals surface area contributed by atoms with Crippen molar-refractivity contribution in [1.29, 1.82) is 0 Å². The van der Waals surface area contributed by atoms with Crippen LogP contribution in [0.5, 0.6) is 0 Å². The normalized spacial score (nSPS) is 13.8. The molecule has 20 heavy (non-hydrogen) atoms. The summed E-state index contributed by atoms with van der Waals surface area (Å²) in [7, 11) is 0. The minimum atomic E-state index is -0.955. The van der Waals surface area contributed by atoms with Crippen LogP contribution in [0.4, 0.5) is 4.39 Å². The molecule has 5 heteroatoms. The van der Waals surface area contributed by atoms with Crippen molar-refractivity contribution in [3.05, 3.63) is 35.6 Å². The van der Waals surface area contributed by atoms with Crippen molar-refractivity contribution in [3.8, 4) is 0 Å². The van der Waals surface area contributed by atoms with E-state index in [9.17, 15) is 14.0 Å². The van der Waals surface area contributed by atoms with Crippen molar-refractivity contribution in [1.82, 2.24) is 5.32 Å². The van der Waals surface area contributed by atoms with Gasteiger partial charge < -0.3 is 10.4 Å². The Kier molecular flexibility index (Phi) is 5.25. The number of benzene rings is 1. The molecule has 2 N–H and O–H groups in total. The summed E-state index contributed by atoms with van der Waals surface area (Å²) < 4.78 is 12.8. The lowest BCUT2D eigenvalue weighted by atomic mass is 9.85. The van der Waals surface area contributed by atoms with Gasteiger partial charge in [-0.1, -0.05) is 26.0 Å². The molecular formula is C15H20FNO3. The van der Waals surface area contributed by atoms with E-state index in [0.717, 1.165) is 0 Å². The Balaban J connectivity index is 2.71. The molecule has 0 aliphatic rings. The highest BCUT2D eigenvalue weighted by Crippen LogP contribution is 2.21. The largest absolute Gasteiger partial charge is 0.481 e. The zero-order valence-electron chi connectivity index (χ0n) is 11.9. The molecule has 1 aromatic rings. The van der Waals surface area contributed by atoms with E-state index in [1.54, 1.807) is 19.1 Å². The molecule has 1 unspecified atom stereocenters. The third kappa shape index (κ3) is 4.64. The second-order valence-electron chi connectivity index (χ2n) is 5.49. The van der Waals surface area contributed by atoms with Gasteiger partial charge in [-0.05, 0) is 30.5 Å². The molecule has 1 amide bonds. The Morgan fingerprint density at radius 3 is 2.30 bits per heavy atom. The van der Waals surface area contributed by atoms with Crippen LogP contribution in [0.2, 0.25) is 0 Å². The van der Waals surface area contributed by atoms with E-state index in [4.69, 9.17) is 5.11 Å².